The lowest BCUT2D eigenvalue weighted by atomic mass is 10.2. The van der Waals surface area contributed by atoms with Gasteiger partial charge in [-0.05, 0) is 50.1 Å². The minimum atomic E-state index is -0.258. The van der Waals surface area contributed by atoms with E-state index < -0.39 is 0 Å². The second kappa shape index (κ2) is 5.46. The third-order valence-electron chi connectivity index (χ3n) is 1.57. The quantitative estimate of drug-likeness (QED) is 0.276. The predicted octanol–water partition coefficient (Wildman–Crippen LogP) is 1.79. The van der Waals surface area contributed by atoms with Crippen molar-refractivity contribution in [2.45, 2.75) is 0 Å². The fourth-order valence-corrected chi connectivity index (χ4v) is 1.77. The Morgan fingerprint density at radius 2 is 2.06 bits per heavy atom. The number of phenolic OH excluding ortho intramolecular Hbond substituents is 2. The summed E-state index contributed by atoms with van der Waals surface area (Å²) in [5.41, 5.74) is 8.10. The lowest BCUT2D eigenvalue weighted by molar-refractivity contribution is 0.401. The molecule has 0 aliphatic heterocycles. The zero-order chi connectivity index (χ0) is 12.3. The molecule has 0 amide bonds. The van der Waals surface area contributed by atoms with E-state index in [2.05, 4.69) is 54.6 Å². The Morgan fingerprint density at radius 1 is 1.44 bits per heavy atom. The van der Waals surface area contributed by atoms with Crippen LogP contribution in [0, 0.1) is 0 Å². The monoisotopic (exact) mass is 367 g/mol. The summed E-state index contributed by atoms with van der Waals surface area (Å²) >= 11 is 10.9. The van der Waals surface area contributed by atoms with Crippen molar-refractivity contribution in [3.05, 3.63) is 20.6 Å². The van der Waals surface area contributed by atoms with Crippen LogP contribution in [0.5, 0.6) is 11.5 Å². The van der Waals surface area contributed by atoms with Gasteiger partial charge in [0.15, 0.2) is 16.6 Å². The summed E-state index contributed by atoms with van der Waals surface area (Å²) in [7, 11) is 0. The number of hydrogen-bond acceptors (Lipinski definition) is 4. The highest BCUT2D eigenvalue weighted by atomic mass is 79.9. The van der Waals surface area contributed by atoms with Gasteiger partial charge in [-0.15, -0.1) is 0 Å². The molecule has 0 unspecified atom stereocenters. The maximum Gasteiger partial charge on any atom is 0.184 e. The molecular formula is C8H7Br2N3O2S. The number of benzene rings is 1. The number of halogens is 2. The summed E-state index contributed by atoms with van der Waals surface area (Å²) in [6, 6.07) is 1.34. The van der Waals surface area contributed by atoms with Crippen molar-refractivity contribution in [2.75, 3.05) is 0 Å². The smallest absolute Gasteiger partial charge is 0.184 e. The minimum absolute atomic E-state index is 0.0365. The highest BCUT2D eigenvalue weighted by Crippen LogP contribution is 2.40. The molecule has 0 fully saturated rings. The number of nitrogens with one attached hydrogen (secondary N) is 1. The average Bonchev–Trinajstić information content (AvgIpc) is 2.22. The van der Waals surface area contributed by atoms with Crippen LogP contribution in [0.15, 0.2) is 20.1 Å². The van der Waals surface area contributed by atoms with Crippen molar-refractivity contribution in [3.63, 3.8) is 0 Å². The first kappa shape index (κ1) is 13.2. The maximum atomic E-state index is 9.40. The Balaban J connectivity index is 3.06. The number of aromatic hydroxyl groups is 2. The summed E-state index contributed by atoms with van der Waals surface area (Å²) in [4.78, 5) is 0. The molecule has 0 saturated carbocycles. The van der Waals surface area contributed by atoms with Crippen LogP contribution in [0.3, 0.4) is 0 Å². The molecule has 16 heavy (non-hydrogen) atoms. The van der Waals surface area contributed by atoms with Crippen LogP contribution in [-0.2, 0) is 0 Å². The zero-order valence-electron chi connectivity index (χ0n) is 7.74. The van der Waals surface area contributed by atoms with Gasteiger partial charge in [0.1, 0.15) is 0 Å². The van der Waals surface area contributed by atoms with E-state index in [-0.39, 0.29) is 16.6 Å². The van der Waals surface area contributed by atoms with Crippen molar-refractivity contribution in [1.82, 2.24) is 5.43 Å². The molecule has 0 radical (unpaired) electrons. The van der Waals surface area contributed by atoms with Crippen LogP contribution in [0.25, 0.3) is 0 Å². The van der Waals surface area contributed by atoms with Gasteiger partial charge in [0.25, 0.3) is 0 Å². The molecule has 5 N–H and O–H groups in total. The van der Waals surface area contributed by atoms with Crippen molar-refractivity contribution in [3.8, 4) is 11.5 Å². The van der Waals surface area contributed by atoms with Gasteiger partial charge in [-0.2, -0.15) is 5.10 Å². The second-order valence-electron chi connectivity index (χ2n) is 2.70. The highest BCUT2D eigenvalue weighted by Gasteiger charge is 2.12. The third-order valence-corrected chi connectivity index (χ3v) is 3.82. The molecule has 0 heterocycles. The average molecular weight is 369 g/mol. The van der Waals surface area contributed by atoms with Gasteiger partial charge >= 0.3 is 0 Å². The number of phenols is 2. The standard InChI is InChI=1S/C8H7Br2N3O2S/c9-5-3(2-12-13-8(11)16)1-4(14)7(15)6(5)10/h1-2,14-15H,(H3,11,13,16)/b12-2+. The SMILES string of the molecule is NC(=S)N/N=C/c1cc(O)c(O)c(Br)c1Br. The van der Waals surface area contributed by atoms with E-state index in [0.29, 0.717) is 14.5 Å². The van der Waals surface area contributed by atoms with Crippen LogP contribution >= 0.6 is 44.1 Å². The van der Waals surface area contributed by atoms with E-state index in [0.717, 1.165) is 0 Å². The van der Waals surface area contributed by atoms with Gasteiger partial charge in [0.2, 0.25) is 0 Å². The summed E-state index contributed by atoms with van der Waals surface area (Å²) in [5.74, 6) is -0.502. The molecule has 0 spiro atoms. The molecule has 0 atom stereocenters. The fourth-order valence-electron chi connectivity index (χ4n) is 0.882. The van der Waals surface area contributed by atoms with E-state index in [1.165, 1.54) is 12.3 Å². The first-order valence-corrected chi connectivity index (χ1v) is 5.91. The zero-order valence-corrected chi connectivity index (χ0v) is 11.7. The van der Waals surface area contributed by atoms with Gasteiger partial charge in [-0.3, -0.25) is 5.43 Å². The van der Waals surface area contributed by atoms with Gasteiger partial charge in [-0.1, -0.05) is 0 Å². The summed E-state index contributed by atoms with van der Waals surface area (Å²) in [6.07, 6.45) is 1.40. The topological polar surface area (TPSA) is 90.9 Å². The van der Waals surface area contributed by atoms with E-state index in [9.17, 15) is 10.2 Å². The normalized spacial score (nSPS) is 10.6. The number of nitrogens with two attached hydrogens (primary N) is 1. The molecule has 5 nitrogen and oxygen atoms in total. The summed E-state index contributed by atoms with van der Waals surface area (Å²) in [5, 5.41) is 22.5. The first-order chi connectivity index (χ1) is 7.43. The molecule has 1 aromatic rings. The molecule has 0 aliphatic rings. The van der Waals surface area contributed by atoms with Gasteiger partial charge in [-0.25, -0.2) is 0 Å². The van der Waals surface area contributed by atoms with Crippen molar-refractivity contribution in [2.24, 2.45) is 10.8 Å². The fraction of sp³-hybridized carbons (Fsp3) is 0. The molecule has 0 saturated heterocycles. The van der Waals surface area contributed by atoms with E-state index in [1.807, 2.05) is 0 Å². The predicted molar refractivity (Wildman–Crippen MR) is 72.7 cm³/mol. The molecule has 8 heteroatoms. The number of hydrogen-bond donors (Lipinski definition) is 4. The molecule has 0 aliphatic carbocycles. The number of nitrogens with zero attached hydrogens (tertiary/aromatic N) is 1. The van der Waals surface area contributed by atoms with E-state index in [1.54, 1.807) is 0 Å². The highest BCUT2D eigenvalue weighted by molar-refractivity contribution is 9.13. The number of hydrazone groups is 1. The molecule has 0 aromatic heterocycles. The number of thiocarbonyl (C=S) groups is 1. The Morgan fingerprint density at radius 3 is 2.62 bits per heavy atom. The van der Waals surface area contributed by atoms with E-state index >= 15 is 0 Å². The molecular weight excluding hydrogens is 362 g/mol. The Bertz CT molecular complexity index is 465. The van der Waals surface area contributed by atoms with Crippen LogP contribution in [0.1, 0.15) is 5.56 Å². The largest absolute Gasteiger partial charge is 0.504 e. The van der Waals surface area contributed by atoms with Crippen molar-refractivity contribution >= 4 is 55.4 Å². The van der Waals surface area contributed by atoms with Crippen molar-refractivity contribution < 1.29 is 10.2 Å². The molecule has 86 valence electrons. The lowest BCUT2D eigenvalue weighted by Crippen LogP contribution is -2.24. The second-order valence-corrected chi connectivity index (χ2v) is 4.72. The third kappa shape index (κ3) is 3.06. The van der Waals surface area contributed by atoms with Crippen LogP contribution < -0.4 is 11.2 Å². The molecule has 0 bridgehead atoms. The molecule has 1 aromatic carbocycles. The minimum Gasteiger partial charge on any atom is -0.504 e. The molecule has 1 rings (SSSR count). The van der Waals surface area contributed by atoms with Gasteiger partial charge in [0.05, 0.1) is 10.7 Å². The lowest BCUT2D eigenvalue weighted by Gasteiger charge is -2.06. The van der Waals surface area contributed by atoms with Gasteiger partial charge in [0, 0.05) is 10.0 Å². The number of rotatable bonds is 2. The summed E-state index contributed by atoms with van der Waals surface area (Å²) in [6.45, 7) is 0. The van der Waals surface area contributed by atoms with Gasteiger partial charge < -0.3 is 15.9 Å². The first-order valence-electron chi connectivity index (χ1n) is 3.92. The van der Waals surface area contributed by atoms with Crippen LogP contribution in [0.2, 0.25) is 0 Å². The van der Waals surface area contributed by atoms with E-state index in [4.69, 9.17) is 5.73 Å². The maximum absolute atomic E-state index is 9.40. The van der Waals surface area contributed by atoms with Crippen LogP contribution in [-0.4, -0.2) is 21.5 Å². The van der Waals surface area contributed by atoms with Crippen LogP contribution in [0.4, 0.5) is 0 Å². The Labute approximate surface area is 114 Å². The Hall–Kier alpha value is -0.860. The van der Waals surface area contributed by atoms with Crippen molar-refractivity contribution in [1.29, 1.82) is 0 Å². The Kier molecular flexibility index (Phi) is 4.51. The summed E-state index contributed by atoms with van der Waals surface area (Å²) < 4.78 is 0.889.